The van der Waals surface area contributed by atoms with E-state index >= 15 is 0 Å². The van der Waals surface area contributed by atoms with Crippen LogP contribution in [0.3, 0.4) is 0 Å². The van der Waals surface area contributed by atoms with Gasteiger partial charge in [-0.15, -0.1) is 0 Å². The van der Waals surface area contributed by atoms with Crippen LogP contribution in [0, 0.1) is 12.7 Å². The van der Waals surface area contributed by atoms with Gasteiger partial charge in [0.1, 0.15) is 5.82 Å². The predicted octanol–water partition coefficient (Wildman–Crippen LogP) is 2.66. The zero-order valence-electron chi connectivity index (χ0n) is 6.36. The Morgan fingerprint density at radius 3 is 3.08 bits per heavy atom. The second kappa shape index (κ2) is 2.45. The number of nitrogens with one attached hydrogen (secondary N) is 1. The molecule has 1 aromatic heterocycles. The maximum atomic E-state index is 13.0. The average molecular weight is 185 g/mol. The summed E-state index contributed by atoms with van der Waals surface area (Å²) in [4.78, 5) is 0. The Morgan fingerprint density at radius 1 is 1.58 bits per heavy atom. The number of halogens is 2. The van der Waals surface area contributed by atoms with E-state index in [2.05, 4.69) is 10.2 Å². The normalized spacial score (nSPS) is 10.9. The van der Waals surface area contributed by atoms with Crippen molar-refractivity contribution < 1.29 is 4.39 Å². The smallest absolute Gasteiger partial charge is 0.144 e. The molecule has 0 aliphatic rings. The van der Waals surface area contributed by atoms with Crippen LogP contribution in [0.4, 0.5) is 4.39 Å². The third kappa shape index (κ3) is 0.898. The van der Waals surface area contributed by atoms with Crippen molar-refractivity contribution in [3.63, 3.8) is 0 Å². The minimum absolute atomic E-state index is 0.170. The highest BCUT2D eigenvalue weighted by molar-refractivity contribution is 6.32. The van der Waals surface area contributed by atoms with Crippen molar-refractivity contribution in [1.29, 1.82) is 0 Å². The first-order valence-electron chi connectivity index (χ1n) is 3.48. The van der Waals surface area contributed by atoms with E-state index in [0.717, 1.165) is 10.9 Å². The third-order valence-electron chi connectivity index (χ3n) is 1.88. The van der Waals surface area contributed by atoms with Gasteiger partial charge in [0, 0.05) is 11.5 Å². The SMILES string of the molecule is Cc1c(Cl)c(F)cc2[nH]ncc12. The Hall–Kier alpha value is -1.09. The molecule has 0 atom stereocenters. The first-order chi connectivity index (χ1) is 5.70. The van der Waals surface area contributed by atoms with E-state index in [1.165, 1.54) is 6.07 Å². The summed E-state index contributed by atoms with van der Waals surface area (Å²) in [7, 11) is 0. The topological polar surface area (TPSA) is 28.7 Å². The van der Waals surface area contributed by atoms with E-state index in [4.69, 9.17) is 11.6 Å². The Balaban J connectivity index is 2.94. The minimum atomic E-state index is -0.411. The molecule has 0 amide bonds. The van der Waals surface area contributed by atoms with Gasteiger partial charge in [-0.1, -0.05) is 11.6 Å². The van der Waals surface area contributed by atoms with Crippen LogP contribution >= 0.6 is 11.6 Å². The lowest BCUT2D eigenvalue weighted by atomic mass is 10.1. The minimum Gasteiger partial charge on any atom is -0.278 e. The number of H-pyrrole nitrogens is 1. The molecular weight excluding hydrogens is 179 g/mol. The molecule has 0 aliphatic carbocycles. The number of aromatic nitrogens is 2. The van der Waals surface area contributed by atoms with Crippen molar-refractivity contribution in [1.82, 2.24) is 10.2 Å². The summed E-state index contributed by atoms with van der Waals surface area (Å²) in [6.07, 6.45) is 1.63. The number of rotatable bonds is 0. The predicted molar refractivity (Wildman–Crippen MR) is 45.8 cm³/mol. The fourth-order valence-corrected chi connectivity index (χ4v) is 1.35. The number of hydrogen-bond donors (Lipinski definition) is 1. The van der Waals surface area contributed by atoms with E-state index in [1.807, 2.05) is 0 Å². The van der Waals surface area contributed by atoms with Crippen molar-refractivity contribution in [2.24, 2.45) is 0 Å². The van der Waals surface area contributed by atoms with Crippen LogP contribution in [-0.2, 0) is 0 Å². The molecule has 4 heteroatoms. The zero-order valence-corrected chi connectivity index (χ0v) is 7.11. The van der Waals surface area contributed by atoms with Crippen LogP contribution < -0.4 is 0 Å². The van der Waals surface area contributed by atoms with E-state index < -0.39 is 5.82 Å². The Labute approximate surface area is 73.3 Å². The van der Waals surface area contributed by atoms with Gasteiger partial charge >= 0.3 is 0 Å². The molecule has 0 saturated carbocycles. The van der Waals surface area contributed by atoms with E-state index in [9.17, 15) is 4.39 Å². The number of hydrogen-bond acceptors (Lipinski definition) is 1. The number of fused-ring (bicyclic) bond motifs is 1. The average Bonchev–Trinajstić information content (AvgIpc) is 2.48. The lowest BCUT2D eigenvalue weighted by Crippen LogP contribution is -1.83. The van der Waals surface area contributed by atoms with Crippen molar-refractivity contribution >= 4 is 22.5 Å². The number of aryl methyl sites for hydroxylation is 1. The summed E-state index contributed by atoms with van der Waals surface area (Å²) in [5.41, 5.74) is 1.40. The molecule has 1 N–H and O–H groups in total. The first kappa shape index (κ1) is 7.55. The van der Waals surface area contributed by atoms with Crippen molar-refractivity contribution in [2.45, 2.75) is 6.92 Å². The summed E-state index contributed by atoms with van der Waals surface area (Å²) in [6.45, 7) is 1.77. The maximum Gasteiger partial charge on any atom is 0.144 e. The van der Waals surface area contributed by atoms with Gasteiger partial charge in [0.05, 0.1) is 16.7 Å². The largest absolute Gasteiger partial charge is 0.278 e. The second-order valence-corrected chi connectivity index (χ2v) is 3.01. The van der Waals surface area contributed by atoms with Gasteiger partial charge in [-0.3, -0.25) is 5.10 Å². The lowest BCUT2D eigenvalue weighted by Gasteiger charge is -1.99. The van der Waals surface area contributed by atoms with Gasteiger partial charge in [0.25, 0.3) is 0 Å². The number of aromatic amines is 1. The maximum absolute atomic E-state index is 13.0. The molecule has 0 spiro atoms. The van der Waals surface area contributed by atoms with Crippen LogP contribution in [-0.4, -0.2) is 10.2 Å². The number of benzene rings is 1. The van der Waals surface area contributed by atoms with E-state index in [1.54, 1.807) is 13.1 Å². The summed E-state index contributed by atoms with van der Waals surface area (Å²) in [6, 6.07) is 1.34. The summed E-state index contributed by atoms with van der Waals surface area (Å²) in [5, 5.41) is 7.51. The fourth-order valence-electron chi connectivity index (χ4n) is 1.19. The first-order valence-corrected chi connectivity index (χ1v) is 3.85. The summed E-state index contributed by atoms with van der Waals surface area (Å²) in [5.74, 6) is -0.411. The lowest BCUT2D eigenvalue weighted by molar-refractivity contribution is 0.629. The summed E-state index contributed by atoms with van der Waals surface area (Å²) < 4.78 is 13.0. The van der Waals surface area contributed by atoms with Crippen molar-refractivity contribution in [2.75, 3.05) is 0 Å². The van der Waals surface area contributed by atoms with Crippen LogP contribution in [0.25, 0.3) is 10.9 Å². The molecule has 12 heavy (non-hydrogen) atoms. The van der Waals surface area contributed by atoms with Gasteiger partial charge < -0.3 is 0 Å². The van der Waals surface area contributed by atoms with E-state index in [-0.39, 0.29) is 5.02 Å². The molecule has 0 saturated heterocycles. The van der Waals surface area contributed by atoms with Gasteiger partial charge in [-0.2, -0.15) is 5.10 Å². The Morgan fingerprint density at radius 2 is 2.33 bits per heavy atom. The molecule has 62 valence electrons. The zero-order chi connectivity index (χ0) is 8.72. The van der Waals surface area contributed by atoms with Gasteiger partial charge in [-0.25, -0.2) is 4.39 Å². The van der Waals surface area contributed by atoms with Crippen LogP contribution in [0.5, 0.6) is 0 Å². The van der Waals surface area contributed by atoms with Crippen LogP contribution in [0.2, 0.25) is 5.02 Å². The Kier molecular flexibility index (Phi) is 1.54. The molecule has 1 aromatic carbocycles. The highest BCUT2D eigenvalue weighted by Gasteiger charge is 2.08. The molecule has 1 heterocycles. The van der Waals surface area contributed by atoms with Crippen LogP contribution in [0.15, 0.2) is 12.3 Å². The van der Waals surface area contributed by atoms with Crippen LogP contribution in [0.1, 0.15) is 5.56 Å². The standard InChI is InChI=1S/C8H6ClFN2/c1-4-5-3-11-12-7(5)2-6(10)8(4)9/h2-3H,1H3,(H,11,12). The highest BCUT2D eigenvalue weighted by Crippen LogP contribution is 2.26. The molecular formula is C8H6ClFN2. The number of nitrogens with zero attached hydrogens (tertiary/aromatic N) is 1. The van der Waals surface area contributed by atoms with E-state index in [0.29, 0.717) is 5.52 Å². The fraction of sp³-hybridized carbons (Fsp3) is 0.125. The molecule has 0 unspecified atom stereocenters. The quantitative estimate of drug-likeness (QED) is 0.670. The molecule has 0 radical (unpaired) electrons. The van der Waals surface area contributed by atoms with Crippen molar-refractivity contribution in [3.8, 4) is 0 Å². The second-order valence-electron chi connectivity index (χ2n) is 2.63. The van der Waals surface area contributed by atoms with Crippen molar-refractivity contribution in [3.05, 3.63) is 28.7 Å². The molecule has 2 nitrogen and oxygen atoms in total. The molecule has 2 rings (SSSR count). The summed E-state index contributed by atoms with van der Waals surface area (Å²) >= 11 is 5.70. The van der Waals surface area contributed by atoms with Gasteiger partial charge in [0.2, 0.25) is 0 Å². The third-order valence-corrected chi connectivity index (χ3v) is 2.35. The molecule has 0 aliphatic heterocycles. The highest BCUT2D eigenvalue weighted by atomic mass is 35.5. The Bertz CT molecular complexity index is 436. The molecule has 0 fully saturated rings. The monoisotopic (exact) mass is 184 g/mol. The molecule has 2 aromatic rings. The molecule has 0 bridgehead atoms. The van der Waals surface area contributed by atoms with Gasteiger partial charge in [-0.05, 0) is 12.5 Å². The van der Waals surface area contributed by atoms with Gasteiger partial charge in [0.15, 0.2) is 0 Å².